The van der Waals surface area contributed by atoms with E-state index in [0.29, 0.717) is 30.7 Å². The number of aromatic nitrogens is 5. The van der Waals surface area contributed by atoms with Gasteiger partial charge in [0, 0.05) is 29.4 Å². The van der Waals surface area contributed by atoms with E-state index < -0.39 is 36.7 Å². The number of nitrogens with zero attached hydrogens (tertiary/aromatic N) is 6. The summed E-state index contributed by atoms with van der Waals surface area (Å²) < 4.78 is 84.7. The third-order valence-corrected chi connectivity index (χ3v) is 11.1. The van der Waals surface area contributed by atoms with E-state index in [-0.39, 0.29) is 54.2 Å². The third-order valence-electron chi connectivity index (χ3n) is 6.66. The zero-order valence-electron chi connectivity index (χ0n) is 22.9. The first-order valence-electron chi connectivity index (χ1n) is 12.5. The smallest absolute Gasteiger partial charge is 0.291 e. The number of hydrogen-bond donors (Lipinski definition) is 2. The number of sulfonamides is 1. The van der Waals surface area contributed by atoms with Crippen LogP contribution in [0.5, 0.6) is 5.88 Å². The molecule has 0 amide bonds. The van der Waals surface area contributed by atoms with Crippen LogP contribution in [0.25, 0.3) is 27.5 Å². The average molecular weight is 661 g/mol. The molecule has 0 saturated heterocycles. The van der Waals surface area contributed by atoms with Crippen molar-refractivity contribution in [2.45, 2.75) is 41.7 Å². The summed E-state index contributed by atoms with van der Waals surface area (Å²) in [4.78, 5) is 10.3. The van der Waals surface area contributed by atoms with E-state index in [1.165, 1.54) is 35.9 Å². The zero-order chi connectivity index (χ0) is 30.6. The fourth-order valence-corrected chi connectivity index (χ4v) is 7.92. The summed E-state index contributed by atoms with van der Waals surface area (Å²) in [6.45, 7) is 2.19. The van der Waals surface area contributed by atoms with E-state index in [1.54, 1.807) is 25.9 Å². The van der Waals surface area contributed by atoms with Crippen LogP contribution < -0.4 is 9.46 Å². The minimum absolute atomic E-state index is 0.00162. The highest BCUT2D eigenvalue weighted by molar-refractivity contribution is 7.92. The fourth-order valence-electron chi connectivity index (χ4n) is 4.12. The van der Waals surface area contributed by atoms with Crippen LogP contribution in [0.1, 0.15) is 31.2 Å². The van der Waals surface area contributed by atoms with Crippen molar-refractivity contribution >= 4 is 48.2 Å². The van der Waals surface area contributed by atoms with Crippen LogP contribution in [0.15, 0.2) is 34.3 Å². The van der Waals surface area contributed by atoms with Gasteiger partial charge in [-0.3, -0.25) is 4.40 Å². The molecule has 18 heteroatoms. The Morgan fingerprint density at radius 3 is 2.52 bits per heavy atom. The van der Waals surface area contributed by atoms with Gasteiger partial charge in [0.05, 0.1) is 33.0 Å². The number of halogens is 3. The lowest BCUT2D eigenvalue weighted by atomic mass is 10.1. The van der Waals surface area contributed by atoms with E-state index in [0.717, 1.165) is 0 Å². The second-order valence-electron chi connectivity index (χ2n) is 10.3. The topological polar surface area (TPSA) is 156 Å². The van der Waals surface area contributed by atoms with E-state index >= 15 is 0 Å². The number of nitrogens with one attached hydrogen (secondary N) is 2. The lowest BCUT2D eigenvalue weighted by molar-refractivity contribution is 0.150. The molecule has 0 bridgehead atoms. The Morgan fingerprint density at radius 1 is 1.21 bits per heavy atom. The summed E-state index contributed by atoms with van der Waals surface area (Å²) in [5, 5.41) is 6.75. The monoisotopic (exact) mass is 660 g/mol. The lowest BCUT2D eigenvalue weighted by Gasteiger charge is -2.17. The maximum atomic E-state index is 13.5. The Hall–Kier alpha value is -2.83. The number of imidazole rings is 1. The molecule has 5 rings (SSSR count). The summed E-state index contributed by atoms with van der Waals surface area (Å²) in [6, 6.07) is 4.33. The van der Waals surface area contributed by atoms with Gasteiger partial charge in [0.2, 0.25) is 15.9 Å². The van der Waals surface area contributed by atoms with Gasteiger partial charge in [-0.25, -0.2) is 40.9 Å². The van der Waals surface area contributed by atoms with Gasteiger partial charge in [0.25, 0.3) is 6.43 Å². The summed E-state index contributed by atoms with van der Waals surface area (Å²) in [7, 11) is -2.41. The molecule has 0 aromatic carbocycles. The normalized spacial score (nSPS) is 16.3. The highest BCUT2D eigenvalue weighted by Crippen LogP contribution is 2.41. The van der Waals surface area contributed by atoms with Crippen molar-refractivity contribution < 1.29 is 26.1 Å². The van der Waals surface area contributed by atoms with Crippen LogP contribution in [0.3, 0.4) is 0 Å². The molecule has 1 fully saturated rings. The van der Waals surface area contributed by atoms with Gasteiger partial charge >= 0.3 is 0 Å². The Kier molecular flexibility index (Phi) is 8.04. The molecule has 1 saturated carbocycles. The summed E-state index contributed by atoms with van der Waals surface area (Å²) in [5.74, 6) is 0.0281. The van der Waals surface area contributed by atoms with Gasteiger partial charge in [-0.2, -0.15) is 0 Å². The molecule has 4 aromatic rings. The minimum atomic E-state index is -4.08. The molecule has 2 N–H and O–H groups in total. The van der Waals surface area contributed by atoms with Gasteiger partial charge in [-0.1, -0.05) is 22.9 Å². The van der Waals surface area contributed by atoms with Crippen LogP contribution in [0.4, 0.5) is 8.78 Å². The Labute approximate surface area is 250 Å². The number of pyridine rings is 2. The van der Waals surface area contributed by atoms with Crippen LogP contribution in [-0.4, -0.2) is 81.1 Å². The fraction of sp³-hybridized carbons (Fsp3) is 0.417. The van der Waals surface area contributed by atoms with Crippen molar-refractivity contribution in [3.63, 3.8) is 0 Å². The van der Waals surface area contributed by atoms with Crippen molar-refractivity contribution in [2.75, 3.05) is 33.5 Å². The Morgan fingerprint density at radius 2 is 1.93 bits per heavy atom. The molecule has 0 radical (unpaired) electrons. The summed E-state index contributed by atoms with van der Waals surface area (Å²) >= 11 is 7.18. The number of methoxy groups -OCH3 is 1. The number of ether oxygens (including phenoxy) is 1. The van der Waals surface area contributed by atoms with Crippen LogP contribution in [-0.2, 0) is 19.8 Å². The maximum absolute atomic E-state index is 13.5. The number of rotatable bonds is 11. The second kappa shape index (κ2) is 11.0. The molecule has 4 heterocycles. The van der Waals surface area contributed by atoms with Crippen molar-refractivity contribution in [1.29, 1.82) is 4.78 Å². The third kappa shape index (κ3) is 5.98. The number of hydrogen-bond acceptors (Lipinski definition) is 11. The standard InChI is InChI=1S/C24H27ClF2N8O4S3/c1-24(7-8-24)33-42(37,38)13-11-15(14-5-6-16(29-21(14)39-4)41(28,36)10-9-34(2)3)17-18(25)30-20(35(17)12-13)23-32-31-22(40-23)19(26)27/h5-6,11-12,19,28,33H,7-10H2,1-4H3. The van der Waals surface area contributed by atoms with E-state index in [2.05, 4.69) is 24.9 Å². The quantitative estimate of drug-likeness (QED) is 0.239. The van der Waals surface area contributed by atoms with Crippen LogP contribution >= 0.6 is 22.9 Å². The van der Waals surface area contributed by atoms with Crippen molar-refractivity contribution in [3.8, 4) is 27.8 Å². The van der Waals surface area contributed by atoms with Crippen molar-refractivity contribution in [2.24, 2.45) is 0 Å². The molecule has 0 aliphatic heterocycles. The largest absolute Gasteiger partial charge is 0.481 e. The predicted molar refractivity (Wildman–Crippen MR) is 154 cm³/mol. The Balaban J connectivity index is 1.73. The van der Waals surface area contributed by atoms with E-state index in [1.807, 2.05) is 0 Å². The Bertz CT molecular complexity index is 1890. The molecule has 1 atom stereocenters. The van der Waals surface area contributed by atoms with Crippen LogP contribution in [0, 0.1) is 4.78 Å². The van der Waals surface area contributed by atoms with Gasteiger partial charge < -0.3 is 9.64 Å². The molecule has 226 valence electrons. The molecule has 1 aliphatic carbocycles. The zero-order valence-corrected chi connectivity index (χ0v) is 26.1. The van der Waals surface area contributed by atoms with Gasteiger partial charge in [0.15, 0.2) is 21.0 Å². The minimum Gasteiger partial charge on any atom is -0.481 e. The predicted octanol–water partition coefficient (Wildman–Crippen LogP) is 4.31. The molecule has 42 heavy (non-hydrogen) atoms. The van der Waals surface area contributed by atoms with Crippen LogP contribution in [0.2, 0.25) is 5.15 Å². The highest BCUT2D eigenvalue weighted by atomic mass is 35.5. The molecular weight excluding hydrogens is 634 g/mol. The lowest BCUT2D eigenvalue weighted by Crippen LogP contribution is -2.34. The van der Waals surface area contributed by atoms with E-state index in [4.69, 9.17) is 21.1 Å². The van der Waals surface area contributed by atoms with Crippen molar-refractivity contribution in [1.82, 2.24) is 34.2 Å². The molecule has 1 aliphatic rings. The molecule has 0 spiro atoms. The van der Waals surface area contributed by atoms with Gasteiger partial charge in [-0.05, 0) is 52.1 Å². The number of fused-ring (bicyclic) bond motifs is 1. The first-order chi connectivity index (χ1) is 19.6. The first-order valence-corrected chi connectivity index (χ1v) is 16.9. The SMILES string of the molecule is COc1nc(S(=N)(=O)CCN(C)C)ccc1-c1cc(S(=O)(=O)NC2(C)CC2)cn2c(-c3nnc(C(F)F)s3)nc(Cl)c12. The maximum Gasteiger partial charge on any atom is 0.291 e. The molecule has 1 unspecified atom stereocenters. The van der Waals surface area contributed by atoms with Crippen molar-refractivity contribution in [3.05, 3.63) is 34.6 Å². The average Bonchev–Trinajstić information content (AvgIpc) is 3.30. The van der Waals surface area contributed by atoms with Gasteiger partial charge in [0.1, 0.15) is 5.03 Å². The number of alkyl halides is 2. The summed E-state index contributed by atoms with van der Waals surface area (Å²) in [6.07, 6.45) is -0.225. The van der Waals surface area contributed by atoms with E-state index in [9.17, 15) is 21.4 Å². The first kappa shape index (κ1) is 30.6. The highest BCUT2D eigenvalue weighted by Gasteiger charge is 2.41. The molecule has 12 nitrogen and oxygen atoms in total. The van der Waals surface area contributed by atoms with Gasteiger partial charge in [-0.15, -0.1) is 10.2 Å². The molecular formula is C24H27ClF2N8O4S3. The molecule has 4 aromatic heterocycles. The second-order valence-corrected chi connectivity index (χ2v) is 15.6. The summed E-state index contributed by atoms with van der Waals surface area (Å²) in [5.41, 5.74) is 0.157.